The number of likely N-dealkylation sites (tertiary alicyclic amines) is 1. The van der Waals surface area contributed by atoms with E-state index in [1.165, 1.54) is 6.33 Å². The molecule has 1 atom stereocenters. The Kier molecular flexibility index (Phi) is 4.40. The van der Waals surface area contributed by atoms with Crippen LogP contribution < -0.4 is 5.32 Å². The third-order valence-corrected chi connectivity index (χ3v) is 3.78. The van der Waals surface area contributed by atoms with Crippen molar-refractivity contribution in [2.45, 2.75) is 38.8 Å². The van der Waals surface area contributed by atoms with Crippen LogP contribution in [0.4, 0.5) is 10.7 Å². The summed E-state index contributed by atoms with van der Waals surface area (Å²) in [6, 6.07) is 0.0541. The van der Waals surface area contributed by atoms with Crippen LogP contribution in [-0.2, 0) is 4.74 Å². The molecule has 1 aliphatic rings. The number of carbonyl (C=O) groups is 1. The summed E-state index contributed by atoms with van der Waals surface area (Å²) >= 11 is 6.03. The van der Waals surface area contributed by atoms with Gasteiger partial charge in [0.15, 0.2) is 5.15 Å². The summed E-state index contributed by atoms with van der Waals surface area (Å²) in [5, 5.41) is 3.51. The Morgan fingerprint density at radius 3 is 2.92 bits per heavy atom. The maximum absolute atomic E-state index is 12.1. The highest BCUT2D eigenvalue weighted by molar-refractivity contribution is 6.33. The van der Waals surface area contributed by atoms with Gasteiger partial charge in [0, 0.05) is 19.1 Å². The minimum absolute atomic E-state index is 0.0541. The summed E-state index contributed by atoms with van der Waals surface area (Å²) in [5.41, 5.74) is 0.585. The van der Waals surface area contributed by atoms with E-state index in [0.29, 0.717) is 30.1 Å². The van der Waals surface area contributed by atoms with E-state index in [4.69, 9.17) is 16.3 Å². The van der Waals surface area contributed by atoms with E-state index in [0.717, 1.165) is 6.42 Å². The number of carbonyl (C=O) groups excluding carboxylic acids is 1. The van der Waals surface area contributed by atoms with Gasteiger partial charge >= 0.3 is 6.09 Å². The SMILES string of the molecule is CC(C)(C)OC(=O)N1CC[C@H](Nc2ncc3ncnc(Cl)c3n2)C1. The number of nitrogens with zero attached hydrogens (tertiary/aromatic N) is 5. The third kappa shape index (κ3) is 3.81. The molecule has 0 aromatic carbocycles. The Morgan fingerprint density at radius 1 is 1.38 bits per heavy atom. The second-order valence-electron chi connectivity index (χ2n) is 6.65. The van der Waals surface area contributed by atoms with Gasteiger partial charge in [0.2, 0.25) is 5.95 Å². The average molecular weight is 351 g/mol. The molecule has 24 heavy (non-hydrogen) atoms. The van der Waals surface area contributed by atoms with Gasteiger partial charge in [-0.15, -0.1) is 0 Å². The van der Waals surface area contributed by atoms with Crippen molar-refractivity contribution in [1.29, 1.82) is 0 Å². The standard InChI is InChI=1S/C15H19ClN6O2/c1-15(2,3)24-14(23)22-5-4-9(7-22)20-13-17-6-10-11(21-13)12(16)19-8-18-10/h6,8-9H,4-5,7H2,1-3H3,(H,17,20,21)/t9-/m0/s1. The number of rotatable bonds is 2. The Bertz CT molecular complexity index is 763. The molecule has 8 nitrogen and oxygen atoms in total. The van der Waals surface area contributed by atoms with Gasteiger partial charge in [0.1, 0.15) is 23.0 Å². The van der Waals surface area contributed by atoms with Crippen LogP contribution in [0.15, 0.2) is 12.5 Å². The maximum atomic E-state index is 12.1. The first-order valence-electron chi connectivity index (χ1n) is 7.69. The summed E-state index contributed by atoms with van der Waals surface area (Å²) in [4.78, 5) is 30.3. The summed E-state index contributed by atoms with van der Waals surface area (Å²) in [6.07, 6.45) is 3.46. The summed E-state index contributed by atoms with van der Waals surface area (Å²) < 4.78 is 5.39. The Hall–Kier alpha value is -2.22. The smallest absolute Gasteiger partial charge is 0.410 e. The highest BCUT2D eigenvalue weighted by Crippen LogP contribution is 2.20. The fourth-order valence-electron chi connectivity index (χ4n) is 2.45. The van der Waals surface area contributed by atoms with Crippen molar-refractivity contribution in [3.8, 4) is 0 Å². The Labute approximate surface area is 144 Å². The van der Waals surface area contributed by atoms with Gasteiger partial charge in [0.05, 0.1) is 6.20 Å². The molecule has 128 valence electrons. The molecule has 1 fully saturated rings. The molecular weight excluding hydrogens is 332 g/mol. The molecule has 1 saturated heterocycles. The fourth-order valence-corrected chi connectivity index (χ4v) is 2.63. The maximum Gasteiger partial charge on any atom is 0.410 e. The molecule has 0 bridgehead atoms. The quantitative estimate of drug-likeness (QED) is 0.831. The molecule has 0 unspecified atom stereocenters. The molecule has 0 aliphatic carbocycles. The largest absolute Gasteiger partial charge is 0.444 e. The predicted octanol–water partition coefficient (Wildman–Crippen LogP) is 2.49. The monoisotopic (exact) mass is 350 g/mol. The molecule has 1 aliphatic heterocycles. The highest BCUT2D eigenvalue weighted by atomic mass is 35.5. The van der Waals surface area contributed by atoms with Crippen molar-refractivity contribution in [3.63, 3.8) is 0 Å². The van der Waals surface area contributed by atoms with E-state index >= 15 is 0 Å². The van der Waals surface area contributed by atoms with E-state index in [1.54, 1.807) is 11.1 Å². The van der Waals surface area contributed by atoms with Crippen LogP contribution in [0.1, 0.15) is 27.2 Å². The van der Waals surface area contributed by atoms with E-state index in [-0.39, 0.29) is 17.3 Å². The molecule has 3 rings (SSSR count). The lowest BCUT2D eigenvalue weighted by Crippen LogP contribution is -2.36. The van der Waals surface area contributed by atoms with Crippen molar-refractivity contribution < 1.29 is 9.53 Å². The number of anilines is 1. The zero-order chi connectivity index (χ0) is 17.3. The number of aromatic nitrogens is 4. The Balaban J connectivity index is 1.65. The third-order valence-electron chi connectivity index (χ3n) is 3.51. The van der Waals surface area contributed by atoms with Crippen molar-refractivity contribution in [3.05, 3.63) is 17.7 Å². The Morgan fingerprint density at radius 2 is 2.17 bits per heavy atom. The van der Waals surface area contributed by atoms with Crippen LogP contribution >= 0.6 is 11.6 Å². The first-order chi connectivity index (χ1) is 11.3. The molecule has 3 heterocycles. The van der Waals surface area contributed by atoms with Crippen molar-refractivity contribution in [2.75, 3.05) is 18.4 Å². The van der Waals surface area contributed by atoms with Crippen molar-refractivity contribution in [1.82, 2.24) is 24.8 Å². The second-order valence-corrected chi connectivity index (χ2v) is 7.01. The lowest BCUT2D eigenvalue weighted by atomic mass is 10.2. The van der Waals surface area contributed by atoms with Crippen molar-refractivity contribution in [2.24, 2.45) is 0 Å². The van der Waals surface area contributed by atoms with Crippen molar-refractivity contribution >= 4 is 34.7 Å². The van der Waals surface area contributed by atoms with Gasteiger partial charge < -0.3 is 15.0 Å². The van der Waals surface area contributed by atoms with Gasteiger partial charge in [-0.2, -0.15) is 0 Å². The molecular formula is C15H19ClN6O2. The molecule has 0 saturated carbocycles. The zero-order valence-electron chi connectivity index (χ0n) is 13.8. The van der Waals surface area contributed by atoms with Crippen LogP contribution in [0, 0.1) is 0 Å². The summed E-state index contributed by atoms with van der Waals surface area (Å²) in [7, 11) is 0. The molecule has 2 aromatic heterocycles. The van der Waals surface area contributed by atoms with E-state index in [2.05, 4.69) is 25.3 Å². The second kappa shape index (κ2) is 6.35. The minimum atomic E-state index is -0.499. The number of hydrogen-bond donors (Lipinski definition) is 1. The number of hydrogen-bond acceptors (Lipinski definition) is 7. The molecule has 2 aromatic rings. The van der Waals surface area contributed by atoms with Crippen LogP contribution in [0.2, 0.25) is 5.15 Å². The zero-order valence-corrected chi connectivity index (χ0v) is 14.5. The van der Waals surface area contributed by atoms with E-state index in [1.807, 2.05) is 20.8 Å². The lowest BCUT2D eigenvalue weighted by Gasteiger charge is -2.24. The fraction of sp³-hybridized carbons (Fsp3) is 0.533. The van der Waals surface area contributed by atoms with Gasteiger partial charge in [-0.1, -0.05) is 11.6 Å². The number of ether oxygens (including phenoxy) is 1. The molecule has 0 radical (unpaired) electrons. The number of halogens is 1. The lowest BCUT2D eigenvalue weighted by molar-refractivity contribution is 0.0293. The van der Waals surface area contributed by atoms with Crippen LogP contribution in [0.3, 0.4) is 0 Å². The molecule has 1 amide bonds. The first-order valence-corrected chi connectivity index (χ1v) is 8.07. The van der Waals surface area contributed by atoms with Gasteiger partial charge in [-0.25, -0.2) is 24.7 Å². The topological polar surface area (TPSA) is 93.1 Å². The number of fused-ring (bicyclic) bond motifs is 1. The minimum Gasteiger partial charge on any atom is -0.444 e. The normalized spacial score (nSPS) is 18.0. The van der Waals surface area contributed by atoms with Crippen LogP contribution in [0.25, 0.3) is 11.0 Å². The average Bonchev–Trinajstić information content (AvgIpc) is 2.95. The highest BCUT2D eigenvalue weighted by Gasteiger charge is 2.30. The van der Waals surface area contributed by atoms with Crippen LogP contribution in [0.5, 0.6) is 0 Å². The van der Waals surface area contributed by atoms with Gasteiger partial charge in [-0.05, 0) is 27.2 Å². The first kappa shape index (κ1) is 16.6. The van der Waals surface area contributed by atoms with E-state index < -0.39 is 5.60 Å². The number of nitrogens with one attached hydrogen (secondary N) is 1. The van der Waals surface area contributed by atoms with Gasteiger partial charge in [0.25, 0.3) is 0 Å². The van der Waals surface area contributed by atoms with Crippen LogP contribution in [-0.4, -0.2) is 55.7 Å². The molecule has 9 heteroatoms. The predicted molar refractivity (Wildman–Crippen MR) is 90.0 cm³/mol. The summed E-state index contributed by atoms with van der Waals surface area (Å²) in [5.74, 6) is 0.440. The molecule has 1 N–H and O–H groups in total. The van der Waals surface area contributed by atoms with E-state index in [9.17, 15) is 4.79 Å². The van der Waals surface area contributed by atoms with Gasteiger partial charge in [-0.3, -0.25) is 0 Å². The molecule has 0 spiro atoms. The number of amides is 1. The summed E-state index contributed by atoms with van der Waals surface area (Å²) in [6.45, 7) is 6.72.